The summed E-state index contributed by atoms with van der Waals surface area (Å²) >= 11 is 6.12. The zero-order chi connectivity index (χ0) is 15.6. The summed E-state index contributed by atoms with van der Waals surface area (Å²) in [6, 6.07) is 7.38. The van der Waals surface area contributed by atoms with E-state index in [1.165, 1.54) is 0 Å². The van der Waals surface area contributed by atoms with Gasteiger partial charge in [-0.1, -0.05) is 47.8 Å². The highest BCUT2D eigenvalue weighted by atomic mass is 35.5. The molecule has 0 atom stereocenters. The fourth-order valence-corrected chi connectivity index (χ4v) is 3.21. The molecule has 1 heterocycles. The third kappa shape index (κ3) is 2.99. The molecule has 0 bridgehead atoms. The average Bonchev–Trinajstić information content (AvgIpc) is 3.11. The quantitative estimate of drug-likeness (QED) is 0.940. The van der Waals surface area contributed by atoms with Crippen LogP contribution in [0.1, 0.15) is 43.0 Å². The Labute approximate surface area is 134 Å². The highest BCUT2D eigenvalue weighted by Gasteiger charge is 2.41. The van der Waals surface area contributed by atoms with Crippen molar-refractivity contribution in [1.82, 2.24) is 15.5 Å². The van der Waals surface area contributed by atoms with Gasteiger partial charge in [-0.3, -0.25) is 4.79 Å². The first kappa shape index (κ1) is 15.0. The Bertz CT molecular complexity index is 678. The van der Waals surface area contributed by atoms with E-state index in [9.17, 15) is 4.79 Å². The van der Waals surface area contributed by atoms with Crippen molar-refractivity contribution < 1.29 is 9.32 Å². The first-order valence-corrected chi connectivity index (χ1v) is 7.82. The zero-order valence-electron chi connectivity index (χ0n) is 12.4. The van der Waals surface area contributed by atoms with Crippen LogP contribution < -0.4 is 5.32 Å². The molecule has 1 aliphatic carbocycles. The summed E-state index contributed by atoms with van der Waals surface area (Å²) < 4.78 is 5.09. The summed E-state index contributed by atoms with van der Waals surface area (Å²) in [6.07, 6.45) is 4.00. The molecule has 116 valence electrons. The van der Waals surface area contributed by atoms with Gasteiger partial charge in [-0.2, -0.15) is 4.98 Å². The van der Waals surface area contributed by atoms with Crippen LogP contribution in [0.2, 0.25) is 5.02 Å². The van der Waals surface area contributed by atoms with Crippen molar-refractivity contribution >= 4 is 17.5 Å². The van der Waals surface area contributed by atoms with Crippen molar-refractivity contribution in [3.8, 4) is 0 Å². The molecule has 1 aromatic carbocycles. The highest BCUT2D eigenvalue weighted by Crippen LogP contribution is 2.37. The van der Waals surface area contributed by atoms with Gasteiger partial charge in [0.25, 0.3) is 0 Å². The monoisotopic (exact) mass is 319 g/mol. The number of aryl methyl sites for hydroxylation is 1. The molecule has 1 aromatic heterocycles. The molecule has 0 radical (unpaired) electrons. The lowest BCUT2D eigenvalue weighted by atomic mass is 9.96. The average molecular weight is 320 g/mol. The summed E-state index contributed by atoms with van der Waals surface area (Å²) in [5, 5.41) is 7.74. The second kappa shape index (κ2) is 6.08. The first-order chi connectivity index (χ1) is 10.6. The number of benzene rings is 1. The molecule has 0 aliphatic heterocycles. The predicted octanol–water partition coefficient (Wildman–Crippen LogP) is 3.16. The van der Waals surface area contributed by atoms with Crippen LogP contribution >= 0.6 is 11.6 Å². The van der Waals surface area contributed by atoms with Crippen LogP contribution in [0.25, 0.3) is 0 Å². The van der Waals surface area contributed by atoms with Gasteiger partial charge in [0.05, 0.1) is 6.42 Å². The molecule has 0 unspecified atom stereocenters. The van der Waals surface area contributed by atoms with E-state index in [-0.39, 0.29) is 12.3 Å². The van der Waals surface area contributed by atoms with Crippen molar-refractivity contribution in [2.24, 2.45) is 0 Å². The van der Waals surface area contributed by atoms with Gasteiger partial charge in [-0.15, -0.1) is 0 Å². The second-order valence-electron chi connectivity index (χ2n) is 5.74. The van der Waals surface area contributed by atoms with Crippen molar-refractivity contribution in [2.75, 3.05) is 0 Å². The van der Waals surface area contributed by atoms with Gasteiger partial charge >= 0.3 is 0 Å². The number of nitrogens with zero attached hydrogens (tertiary/aromatic N) is 2. The molecule has 6 heteroatoms. The third-order valence-electron chi connectivity index (χ3n) is 4.10. The molecule has 3 rings (SSSR count). The lowest BCUT2D eigenvalue weighted by Crippen LogP contribution is -2.45. The Morgan fingerprint density at radius 2 is 2.09 bits per heavy atom. The standard InChI is InChI=1S/C16H18ClN3O2/c1-11-18-15(20-22-11)16(8-4-5-9-16)19-14(21)10-12-6-2-3-7-13(12)17/h2-3,6-7H,4-5,8-10H2,1H3,(H,19,21). The van der Waals surface area contributed by atoms with Crippen molar-refractivity contribution in [2.45, 2.75) is 44.6 Å². The molecule has 0 spiro atoms. The SMILES string of the molecule is Cc1nc(C2(NC(=O)Cc3ccccc3Cl)CCCC2)no1. The number of hydrogen-bond donors (Lipinski definition) is 1. The van der Waals surface area contributed by atoms with Gasteiger partial charge in [0.15, 0.2) is 5.82 Å². The number of carbonyl (C=O) groups excluding carboxylic acids is 1. The minimum atomic E-state index is -0.504. The normalized spacial score (nSPS) is 16.6. The van der Waals surface area contributed by atoms with Gasteiger partial charge in [-0.05, 0) is 24.5 Å². The predicted molar refractivity (Wildman–Crippen MR) is 82.5 cm³/mol. The number of carbonyl (C=O) groups is 1. The van der Waals surface area contributed by atoms with E-state index in [1.807, 2.05) is 18.2 Å². The number of halogens is 1. The highest BCUT2D eigenvalue weighted by molar-refractivity contribution is 6.31. The van der Waals surface area contributed by atoms with Crippen LogP contribution in [0.5, 0.6) is 0 Å². The van der Waals surface area contributed by atoms with Crippen LogP contribution in [-0.2, 0) is 16.8 Å². The topological polar surface area (TPSA) is 68.0 Å². The summed E-state index contributed by atoms with van der Waals surface area (Å²) in [4.78, 5) is 16.8. The maximum absolute atomic E-state index is 12.5. The fraction of sp³-hybridized carbons (Fsp3) is 0.438. The molecule has 0 saturated heterocycles. The van der Waals surface area contributed by atoms with Crippen LogP contribution in [0.4, 0.5) is 0 Å². The summed E-state index contributed by atoms with van der Waals surface area (Å²) in [7, 11) is 0. The zero-order valence-corrected chi connectivity index (χ0v) is 13.2. The molecule has 1 aliphatic rings. The van der Waals surface area contributed by atoms with E-state index in [4.69, 9.17) is 16.1 Å². The Kier molecular flexibility index (Phi) is 4.16. The number of nitrogens with one attached hydrogen (secondary N) is 1. The van der Waals surface area contributed by atoms with Crippen LogP contribution in [-0.4, -0.2) is 16.0 Å². The van der Waals surface area contributed by atoms with E-state index in [1.54, 1.807) is 13.0 Å². The molecule has 22 heavy (non-hydrogen) atoms. The van der Waals surface area contributed by atoms with Gasteiger partial charge in [0.1, 0.15) is 5.54 Å². The number of aromatic nitrogens is 2. The van der Waals surface area contributed by atoms with Crippen LogP contribution in [0.15, 0.2) is 28.8 Å². The van der Waals surface area contributed by atoms with Gasteiger partial charge in [0.2, 0.25) is 11.8 Å². The van der Waals surface area contributed by atoms with E-state index in [0.717, 1.165) is 31.2 Å². The lowest BCUT2D eigenvalue weighted by molar-refractivity contribution is -0.122. The number of amides is 1. The van der Waals surface area contributed by atoms with E-state index >= 15 is 0 Å². The molecule has 2 aromatic rings. The molecular formula is C16H18ClN3O2. The number of rotatable bonds is 4. The Morgan fingerprint density at radius 3 is 2.73 bits per heavy atom. The summed E-state index contributed by atoms with van der Waals surface area (Å²) in [5.74, 6) is 1.02. The van der Waals surface area contributed by atoms with Crippen molar-refractivity contribution in [3.05, 3.63) is 46.6 Å². The lowest BCUT2D eigenvalue weighted by Gasteiger charge is -2.26. The van der Waals surface area contributed by atoms with E-state index in [2.05, 4.69) is 15.5 Å². The van der Waals surface area contributed by atoms with E-state index in [0.29, 0.717) is 16.7 Å². The fourth-order valence-electron chi connectivity index (χ4n) is 3.00. The molecule has 1 fully saturated rings. The van der Waals surface area contributed by atoms with E-state index < -0.39 is 5.54 Å². The van der Waals surface area contributed by atoms with Crippen molar-refractivity contribution in [3.63, 3.8) is 0 Å². The molecular weight excluding hydrogens is 302 g/mol. The van der Waals surface area contributed by atoms with Gasteiger partial charge < -0.3 is 9.84 Å². The molecule has 5 nitrogen and oxygen atoms in total. The Hall–Kier alpha value is -1.88. The Balaban J connectivity index is 1.77. The van der Waals surface area contributed by atoms with Crippen LogP contribution in [0, 0.1) is 6.92 Å². The van der Waals surface area contributed by atoms with Gasteiger partial charge in [-0.25, -0.2) is 0 Å². The first-order valence-electron chi connectivity index (χ1n) is 7.44. The van der Waals surface area contributed by atoms with Gasteiger partial charge in [0, 0.05) is 11.9 Å². The number of hydrogen-bond acceptors (Lipinski definition) is 4. The summed E-state index contributed by atoms with van der Waals surface area (Å²) in [5.41, 5.74) is 0.315. The molecule has 1 saturated carbocycles. The van der Waals surface area contributed by atoms with Crippen LogP contribution in [0.3, 0.4) is 0 Å². The largest absolute Gasteiger partial charge is 0.343 e. The minimum absolute atomic E-state index is 0.0718. The maximum Gasteiger partial charge on any atom is 0.225 e. The minimum Gasteiger partial charge on any atom is -0.343 e. The molecule has 1 amide bonds. The molecule has 1 N–H and O–H groups in total. The maximum atomic E-state index is 12.5. The summed E-state index contributed by atoms with van der Waals surface area (Å²) in [6.45, 7) is 1.75. The van der Waals surface area contributed by atoms with Crippen molar-refractivity contribution in [1.29, 1.82) is 0 Å². The second-order valence-corrected chi connectivity index (χ2v) is 6.15. The smallest absolute Gasteiger partial charge is 0.225 e. The Morgan fingerprint density at radius 1 is 1.36 bits per heavy atom. The third-order valence-corrected chi connectivity index (χ3v) is 4.47.